The van der Waals surface area contributed by atoms with Gasteiger partial charge in [-0.2, -0.15) is 0 Å². The lowest BCUT2D eigenvalue weighted by atomic mass is 10.2. The molecule has 4 rings (SSSR count). The molecule has 4 aromatic rings. The fourth-order valence-electron chi connectivity index (χ4n) is 3.25. The Kier molecular flexibility index (Phi) is 5.09. The summed E-state index contributed by atoms with van der Waals surface area (Å²) in [6.07, 6.45) is 0.874. The molecule has 8 nitrogen and oxygen atoms in total. The smallest absolute Gasteiger partial charge is 0.282 e. The average molecular weight is 391 g/mol. The number of nitro benzene ring substituents is 1. The Morgan fingerprint density at radius 3 is 2.72 bits per heavy atom. The Balaban J connectivity index is 1.80. The topological polar surface area (TPSA) is 97.3 Å². The molecule has 0 fully saturated rings. The van der Waals surface area contributed by atoms with Gasteiger partial charge in [0.25, 0.3) is 5.69 Å². The van der Waals surface area contributed by atoms with Gasteiger partial charge in [0.15, 0.2) is 11.6 Å². The number of fused-ring (bicyclic) bond motifs is 2. The second-order valence-corrected chi connectivity index (χ2v) is 7.06. The summed E-state index contributed by atoms with van der Waals surface area (Å²) in [4.78, 5) is 22.4. The molecule has 0 radical (unpaired) electrons. The summed E-state index contributed by atoms with van der Waals surface area (Å²) < 4.78 is 5.90. The van der Waals surface area contributed by atoms with E-state index in [-0.39, 0.29) is 5.69 Å². The molecule has 0 spiro atoms. The van der Waals surface area contributed by atoms with Gasteiger partial charge in [0.2, 0.25) is 0 Å². The normalized spacial score (nSPS) is 11.4. The van der Waals surface area contributed by atoms with Crippen LogP contribution in [0.4, 0.5) is 11.5 Å². The van der Waals surface area contributed by atoms with Crippen molar-refractivity contribution >= 4 is 33.4 Å². The molecule has 2 aromatic heterocycles. The highest BCUT2D eigenvalue weighted by atomic mass is 16.6. The van der Waals surface area contributed by atoms with E-state index in [4.69, 9.17) is 4.42 Å². The number of anilines is 1. The van der Waals surface area contributed by atoms with Gasteiger partial charge in [-0.15, -0.1) is 0 Å². The number of nitrogens with zero attached hydrogens (tertiary/aromatic N) is 4. The number of nitro groups is 1. The fraction of sp³-hybridized carbons (Fsp3) is 0.238. The Morgan fingerprint density at radius 1 is 1.14 bits per heavy atom. The highest BCUT2D eigenvalue weighted by Gasteiger charge is 2.20. The Bertz CT molecular complexity index is 1150. The van der Waals surface area contributed by atoms with Gasteiger partial charge in [-0.25, -0.2) is 9.97 Å². The van der Waals surface area contributed by atoms with Crippen molar-refractivity contribution in [1.29, 1.82) is 0 Å². The highest BCUT2D eigenvalue weighted by molar-refractivity contribution is 5.98. The minimum Gasteiger partial charge on any atom is -0.453 e. The summed E-state index contributed by atoms with van der Waals surface area (Å²) in [6.45, 7) is 1.53. The van der Waals surface area contributed by atoms with Crippen LogP contribution in [0, 0.1) is 10.1 Å². The minimum atomic E-state index is -0.405. The number of non-ortho nitro benzene ring substituents is 1. The molecule has 0 unspecified atom stereocenters. The summed E-state index contributed by atoms with van der Waals surface area (Å²) in [5.41, 5.74) is 1.22. The van der Waals surface area contributed by atoms with E-state index in [1.165, 1.54) is 6.07 Å². The standard InChI is InChI=1S/C21H21N5O3/c1-25(2)12-6-11-22-21-19-15(8-5-9-16(19)26(27)28)23-20(24-21)18-13-14-7-3-4-10-17(14)29-18/h3-5,7-10,13H,6,11-12H2,1-2H3,(H,22,23,24). The van der Waals surface area contributed by atoms with Crippen LogP contribution in [-0.4, -0.2) is 47.0 Å². The van der Waals surface area contributed by atoms with Gasteiger partial charge < -0.3 is 14.6 Å². The lowest BCUT2D eigenvalue weighted by Gasteiger charge is -2.12. The molecular formula is C21H21N5O3. The van der Waals surface area contributed by atoms with Crippen LogP contribution in [0.2, 0.25) is 0 Å². The Labute approximate surface area is 167 Å². The van der Waals surface area contributed by atoms with Gasteiger partial charge in [-0.3, -0.25) is 10.1 Å². The number of nitrogens with one attached hydrogen (secondary N) is 1. The van der Waals surface area contributed by atoms with Crippen LogP contribution in [0.3, 0.4) is 0 Å². The van der Waals surface area contributed by atoms with E-state index in [0.29, 0.717) is 34.9 Å². The number of hydrogen-bond acceptors (Lipinski definition) is 7. The molecule has 2 heterocycles. The summed E-state index contributed by atoms with van der Waals surface area (Å²) in [5, 5.41) is 16.2. The van der Waals surface area contributed by atoms with Crippen molar-refractivity contribution in [3.63, 3.8) is 0 Å². The molecular weight excluding hydrogens is 370 g/mol. The molecule has 0 saturated carbocycles. The molecule has 0 amide bonds. The third-order valence-electron chi connectivity index (χ3n) is 4.62. The highest BCUT2D eigenvalue weighted by Crippen LogP contribution is 2.33. The third-order valence-corrected chi connectivity index (χ3v) is 4.62. The zero-order valence-electron chi connectivity index (χ0n) is 16.3. The number of hydrogen-bond donors (Lipinski definition) is 1. The Morgan fingerprint density at radius 2 is 1.97 bits per heavy atom. The van der Waals surface area contributed by atoms with Crippen LogP contribution in [0.1, 0.15) is 6.42 Å². The third kappa shape index (κ3) is 3.88. The molecule has 1 N–H and O–H groups in total. The van der Waals surface area contributed by atoms with Crippen LogP contribution in [0.15, 0.2) is 52.9 Å². The molecule has 0 bridgehead atoms. The molecule has 2 aromatic carbocycles. The van der Waals surface area contributed by atoms with Gasteiger partial charge >= 0.3 is 0 Å². The quantitative estimate of drug-likeness (QED) is 0.285. The van der Waals surface area contributed by atoms with Crippen molar-refractivity contribution in [2.75, 3.05) is 32.5 Å². The summed E-state index contributed by atoms with van der Waals surface area (Å²) in [7, 11) is 4.01. The van der Waals surface area contributed by atoms with E-state index in [2.05, 4.69) is 20.2 Å². The van der Waals surface area contributed by atoms with Gasteiger partial charge in [-0.1, -0.05) is 24.3 Å². The van der Waals surface area contributed by atoms with Crippen molar-refractivity contribution in [1.82, 2.24) is 14.9 Å². The molecule has 8 heteroatoms. The average Bonchev–Trinajstić information content (AvgIpc) is 3.14. The summed E-state index contributed by atoms with van der Waals surface area (Å²) >= 11 is 0. The largest absolute Gasteiger partial charge is 0.453 e. The van der Waals surface area contributed by atoms with Crippen molar-refractivity contribution in [2.45, 2.75) is 6.42 Å². The lowest BCUT2D eigenvalue weighted by molar-refractivity contribution is -0.383. The monoisotopic (exact) mass is 391 g/mol. The van der Waals surface area contributed by atoms with E-state index in [1.54, 1.807) is 12.1 Å². The first-order valence-electron chi connectivity index (χ1n) is 9.35. The maximum absolute atomic E-state index is 11.6. The van der Waals surface area contributed by atoms with E-state index >= 15 is 0 Å². The number of furan rings is 1. The first kappa shape index (κ1) is 18.8. The van der Waals surface area contributed by atoms with E-state index in [0.717, 1.165) is 23.9 Å². The zero-order valence-corrected chi connectivity index (χ0v) is 16.3. The van der Waals surface area contributed by atoms with Crippen molar-refractivity contribution in [3.05, 3.63) is 58.6 Å². The maximum atomic E-state index is 11.6. The number of benzene rings is 2. The second kappa shape index (κ2) is 7.84. The summed E-state index contributed by atoms with van der Waals surface area (Å²) in [6, 6.07) is 14.4. The number of para-hydroxylation sites is 1. The van der Waals surface area contributed by atoms with Crippen molar-refractivity contribution in [3.8, 4) is 11.6 Å². The SMILES string of the molecule is CN(C)CCCNc1nc(-c2cc3ccccc3o2)nc2cccc([N+](=O)[O-])c12. The van der Waals surface area contributed by atoms with Crippen LogP contribution in [0.25, 0.3) is 33.5 Å². The van der Waals surface area contributed by atoms with Gasteiger partial charge in [0.05, 0.1) is 10.4 Å². The zero-order chi connectivity index (χ0) is 20.4. The molecule has 0 atom stereocenters. The second-order valence-electron chi connectivity index (χ2n) is 7.06. The van der Waals surface area contributed by atoms with Gasteiger partial charge in [-0.05, 0) is 45.3 Å². The molecule has 0 aliphatic heterocycles. The fourth-order valence-corrected chi connectivity index (χ4v) is 3.25. The maximum Gasteiger partial charge on any atom is 0.282 e. The number of rotatable bonds is 7. The van der Waals surface area contributed by atoms with Crippen molar-refractivity contribution in [2.24, 2.45) is 0 Å². The molecule has 0 saturated heterocycles. The minimum absolute atomic E-state index is 0.0197. The molecule has 0 aliphatic carbocycles. The van der Waals surface area contributed by atoms with Gasteiger partial charge in [0, 0.05) is 18.0 Å². The predicted molar refractivity (Wildman–Crippen MR) is 113 cm³/mol. The molecule has 29 heavy (non-hydrogen) atoms. The lowest BCUT2D eigenvalue weighted by Crippen LogP contribution is -2.17. The first-order chi connectivity index (χ1) is 14.0. The van der Waals surface area contributed by atoms with Crippen LogP contribution < -0.4 is 5.32 Å². The van der Waals surface area contributed by atoms with E-state index in [1.807, 2.05) is 44.4 Å². The van der Waals surface area contributed by atoms with Crippen molar-refractivity contribution < 1.29 is 9.34 Å². The Hall–Kier alpha value is -3.52. The van der Waals surface area contributed by atoms with Crippen LogP contribution >= 0.6 is 0 Å². The first-order valence-corrected chi connectivity index (χ1v) is 9.35. The predicted octanol–water partition coefficient (Wildman–Crippen LogP) is 4.31. The van der Waals surface area contributed by atoms with Gasteiger partial charge in [0.1, 0.15) is 16.8 Å². The van der Waals surface area contributed by atoms with Crippen LogP contribution in [-0.2, 0) is 0 Å². The summed E-state index contributed by atoms with van der Waals surface area (Å²) in [5.74, 6) is 1.36. The van der Waals surface area contributed by atoms with E-state index in [9.17, 15) is 10.1 Å². The number of aromatic nitrogens is 2. The van der Waals surface area contributed by atoms with E-state index < -0.39 is 4.92 Å². The molecule has 148 valence electrons. The molecule has 0 aliphatic rings. The van der Waals surface area contributed by atoms with Crippen LogP contribution in [0.5, 0.6) is 0 Å².